The zero-order chi connectivity index (χ0) is 13.1. The molecule has 0 aliphatic carbocycles. The van der Waals surface area contributed by atoms with Crippen molar-refractivity contribution >= 4 is 33.2 Å². The van der Waals surface area contributed by atoms with Gasteiger partial charge >= 0.3 is 0 Å². The van der Waals surface area contributed by atoms with Crippen molar-refractivity contribution in [1.29, 1.82) is 5.26 Å². The zero-order valence-electron chi connectivity index (χ0n) is 9.20. The van der Waals surface area contributed by atoms with Crippen molar-refractivity contribution in [3.63, 3.8) is 0 Å². The van der Waals surface area contributed by atoms with Crippen LogP contribution in [0.2, 0.25) is 0 Å². The number of nitrogens with one attached hydrogen (secondary N) is 2. The van der Waals surface area contributed by atoms with E-state index in [4.69, 9.17) is 11.0 Å². The quantitative estimate of drug-likeness (QED) is 0.795. The van der Waals surface area contributed by atoms with Crippen LogP contribution in [0.5, 0.6) is 0 Å². The van der Waals surface area contributed by atoms with Crippen molar-refractivity contribution < 1.29 is 4.79 Å². The number of carbonyl (C=O) groups is 1. The second kappa shape index (κ2) is 4.94. The Kier molecular flexibility index (Phi) is 3.35. The molecule has 1 heterocycles. The van der Waals surface area contributed by atoms with Crippen LogP contribution in [0.15, 0.2) is 34.9 Å². The number of nitrogens with two attached hydrogens (primary N) is 1. The average Bonchev–Trinajstić information content (AvgIpc) is 2.78. The molecule has 4 N–H and O–H groups in total. The number of aromatic nitrogens is 1. The Morgan fingerprint density at radius 1 is 1.44 bits per heavy atom. The average molecular weight is 305 g/mol. The van der Waals surface area contributed by atoms with Gasteiger partial charge in [0.25, 0.3) is 5.91 Å². The molecule has 2 aromatic rings. The third kappa shape index (κ3) is 2.52. The fourth-order valence-corrected chi connectivity index (χ4v) is 1.81. The lowest BCUT2D eigenvalue weighted by Gasteiger charge is -2.06. The third-order valence-electron chi connectivity index (χ3n) is 2.30. The lowest BCUT2D eigenvalue weighted by molar-refractivity contribution is 0.102. The van der Waals surface area contributed by atoms with Crippen LogP contribution < -0.4 is 11.1 Å². The summed E-state index contributed by atoms with van der Waals surface area (Å²) in [5, 5.41) is 11.6. The molecular weight excluding hydrogens is 296 g/mol. The van der Waals surface area contributed by atoms with Crippen LogP contribution in [0.1, 0.15) is 16.1 Å². The van der Waals surface area contributed by atoms with Crippen molar-refractivity contribution in [2.45, 2.75) is 0 Å². The van der Waals surface area contributed by atoms with Gasteiger partial charge in [-0.25, -0.2) is 0 Å². The van der Waals surface area contributed by atoms with Crippen molar-refractivity contribution in [2.24, 2.45) is 0 Å². The summed E-state index contributed by atoms with van der Waals surface area (Å²) < 4.78 is 0.779. The first-order chi connectivity index (χ1) is 8.60. The van der Waals surface area contributed by atoms with E-state index in [-0.39, 0.29) is 5.91 Å². The molecule has 5 nitrogen and oxygen atoms in total. The van der Waals surface area contributed by atoms with E-state index in [9.17, 15) is 4.79 Å². The highest BCUT2D eigenvalue weighted by molar-refractivity contribution is 9.10. The van der Waals surface area contributed by atoms with Crippen molar-refractivity contribution in [2.75, 3.05) is 11.1 Å². The minimum absolute atomic E-state index is 0.342. The standard InChI is InChI=1S/C12H9BrN4O/c13-8-1-2-10(7(3-8)5-14)17-12(18)11-4-9(15)6-16-11/h1-4,6,16H,15H2,(H,17,18). The van der Waals surface area contributed by atoms with Gasteiger partial charge in [0.05, 0.1) is 11.3 Å². The summed E-state index contributed by atoms with van der Waals surface area (Å²) in [6, 6.07) is 8.59. The molecule has 0 saturated heterocycles. The third-order valence-corrected chi connectivity index (χ3v) is 2.79. The van der Waals surface area contributed by atoms with Gasteiger partial charge in [0.1, 0.15) is 11.8 Å². The summed E-state index contributed by atoms with van der Waals surface area (Å²) in [4.78, 5) is 14.6. The molecule has 0 unspecified atom stereocenters. The highest BCUT2D eigenvalue weighted by Gasteiger charge is 2.10. The first-order valence-corrected chi connectivity index (χ1v) is 5.84. The maximum atomic E-state index is 11.9. The van der Waals surface area contributed by atoms with Crippen LogP contribution in [0, 0.1) is 11.3 Å². The van der Waals surface area contributed by atoms with Crippen LogP contribution in [-0.4, -0.2) is 10.9 Å². The van der Waals surface area contributed by atoms with Gasteiger partial charge in [0.15, 0.2) is 0 Å². The number of anilines is 2. The van der Waals surface area contributed by atoms with Crippen molar-refractivity contribution in [3.8, 4) is 6.07 Å². The molecule has 1 amide bonds. The van der Waals surface area contributed by atoms with E-state index in [0.29, 0.717) is 22.6 Å². The maximum absolute atomic E-state index is 11.9. The Morgan fingerprint density at radius 3 is 2.83 bits per heavy atom. The molecule has 0 fully saturated rings. The van der Waals surface area contributed by atoms with E-state index in [1.54, 1.807) is 18.2 Å². The zero-order valence-corrected chi connectivity index (χ0v) is 10.8. The number of nitriles is 1. The van der Waals surface area contributed by atoms with Crippen LogP contribution in [0.4, 0.5) is 11.4 Å². The molecule has 1 aromatic carbocycles. The smallest absolute Gasteiger partial charge is 0.272 e. The van der Waals surface area contributed by atoms with Gasteiger partial charge in [-0.3, -0.25) is 4.79 Å². The monoisotopic (exact) mass is 304 g/mol. The molecule has 0 atom stereocenters. The highest BCUT2D eigenvalue weighted by atomic mass is 79.9. The Bertz CT molecular complexity index is 642. The number of halogens is 1. The number of H-pyrrole nitrogens is 1. The summed E-state index contributed by atoms with van der Waals surface area (Å²) >= 11 is 3.27. The molecule has 0 bridgehead atoms. The van der Waals surface area contributed by atoms with E-state index < -0.39 is 0 Å². The predicted octanol–water partition coefficient (Wildman–Crippen LogP) is 2.48. The maximum Gasteiger partial charge on any atom is 0.272 e. The predicted molar refractivity (Wildman–Crippen MR) is 72.0 cm³/mol. The molecule has 90 valence electrons. The molecule has 2 rings (SSSR count). The van der Waals surface area contributed by atoms with Gasteiger partial charge in [0.2, 0.25) is 0 Å². The van der Waals surface area contributed by atoms with Gasteiger partial charge in [-0.05, 0) is 24.3 Å². The minimum atomic E-state index is -0.342. The number of aromatic amines is 1. The number of amides is 1. The van der Waals surface area contributed by atoms with E-state index in [1.165, 1.54) is 12.3 Å². The van der Waals surface area contributed by atoms with Gasteiger partial charge in [-0.2, -0.15) is 5.26 Å². The summed E-state index contributed by atoms with van der Waals surface area (Å²) in [5.41, 5.74) is 7.19. The van der Waals surface area contributed by atoms with Crippen molar-refractivity contribution in [1.82, 2.24) is 4.98 Å². The minimum Gasteiger partial charge on any atom is -0.397 e. The molecule has 0 aliphatic heterocycles. The van der Waals surface area contributed by atoms with Crippen LogP contribution in [-0.2, 0) is 0 Å². The number of benzene rings is 1. The van der Waals surface area contributed by atoms with Gasteiger partial charge in [0, 0.05) is 16.4 Å². The normalized spacial score (nSPS) is 9.78. The molecular formula is C12H9BrN4O. The molecule has 1 aromatic heterocycles. The fraction of sp³-hybridized carbons (Fsp3) is 0. The SMILES string of the molecule is N#Cc1cc(Br)ccc1NC(=O)c1cc(N)c[nH]1. The van der Waals surface area contributed by atoms with Crippen LogP contribution >= 0.6 is 15.9 Å². The molecule has 18 heavy (non-hydrogen) atoms. The summed E-state index contributed by atoms with van der Waals surface area (Å²) in [5.74, 6) is -0.342. The number of hydrogen-bond donors (Lipinski definition) is 3. The highest BCUT2D eigenvalue weighted by Crippen LogP contribution is 2.21. The molecule has 0 saturated carbocycles. The summed E-state index contributed by atoms with van der Waals surface area (Å²) in [6.07, 6.45) is 1.53. The summed E-state index contributed by atoms with van der Waals surface area (Å²) in [6.45, 7) is 0. The molecule has 0 radical (unpaired) electrons. The molecule has 6 heteroatoms. The van der Waals surface area contributed by atoms with Gasteiger partial charge in [-0.1, -0.05) is 15.9 Å². The second-order valence-corrected chi connectivity index (χ2v) is 4.52. The summed E-state index contributed by atoms with van der Waals surface area (Å²) in [7, 11) is 0. The number of hydrogen-bond acceptors (Lipinski definition) is 3. The van der Waals surface area contributed by atoms with Gasteiger partial charge < -0.3 is 16.0 Å². The Balaban J connectivity index is 2.25. The van der Waals surface area contributed by atoms with E-state index in [2.05, 4.69) is 26.2 Å². The Labute approximate surface area is 112 Å². The number of rotatable bonds is 2. The number of carbonyl (C=O) groups excluding carboxylic acids is 1. The lowest BCUT2D eigenvalue weighted by atomic mass is 10.2. The molecule has 0 aliphatic rings. The first-order valence-electron chi connectivity index (χ1n) is 5.05. The number of nitrogens with zero attached hydrogens (tertiary/aromatic N) is 1. The molecule has 0 spiro atoms. The van der Waals surface area contributed by atoms with E-state index in [0.717, 1.165) is 4.47 Å². The van der Waals surface area contributed by atoms with Gasteiger partial charge in [-0.15, -0.1) is 0 Å². The lowest BCUT2D eigenvalue weighted by Crippen LogP contribution is -2.13. The Morgan fingerprint density at radius 2 is 2.22 bits per heavy atom. The van der Waals surface area contributed by atoms with E-state index >= 15 is 0 Å². The number of nitrogen functional groups attached to an aromatic ring is 1. The largest absolute Gasteiger partial charge is 0.397 e. The van der Waals surface area contributed by atoms with E-state index in [1.807, 2.05) is 6.07 Å². The fourth-order valence-electron chi connectivity index (χ4n) is 1.45. The van der Waals surface area contributed by atoms with Crippen LogP contribution in [0.25, 0.3) is 0 Å². The Hall–Kier alpha value is -2.26. The first kappa shape index (κ1) is 12.2. The van der Waals surface area contributed by atoms with Crippen molar-refractivity contribution in [3.05, 3.63) is 46.2 Å². The second-order valence-electron chi connectivity index (χ2n) is 3.60. The topological polar surface area (TPSA) is 94.7 Å². The van der Waals surface area contributed by atoms with Crippen LogP contribution in [0.3, 0.4) is 0 Å².